The summed E-state index contributed by atoms with van der Waals surface area (Å²) in [7, 11) is 1.65. The molecule has 0 fully saturated rings. The summed E-state index contributed by atoms with van der Waals surface area (Å²) in [5, 5.41) is 4.87. The van der Waals surface area contributed by atoms with Gasteiger partial charge in [-0.05, 0) is 30.5 Å². The lowest BCUT2D eigenvalue weighted by molar-refractivity contribution is 0.417. The molecule has 1 aromatic carbocycles. The van der Waals surface area contributed by atoms with Gasteiger partial charge in [-0.1, -0.05) is 23.9 Å². The maximum atomic E-state index is 5.36. The van der Waals surface area contributed by atoms with E-state index in [0.29, 0.717) is 10.8 Å². The average molecular weight is 298 g/mol. The zero-order chi connectivity index (χ0) is 14.7. The van der Waals surface area contributed by atoms with Crippen LogP contribution in [-0.4, -0.2) is 28.3 Å². The van der Waals surface area contributed by atoms with Crippen LogP contribution < -0.4 is 10.1 Å². The highest BCUT2D eigenvalue weighted by Crippen LogP contribution is 2.30. The Morgan fingerprint density at radius 2 is 1.95 bits per heavy atom. The fourth-order valence-corrected chi connectivity index (χ4v) is 2.36. The molecule has 0 saturated heterocycles. The van der Waals surface area contributed by atoms with Crippen LogP contribution in [0.3, 0.4) is 0 Å². The van der Waals surface area contributed by atoms with Crippen LogP contribution in [0, 0.1) is 0 Å². The molecule has 0 bridgehead atoms. The van der Waals surface area contributed by atoms with E-state index in [9.17, 15) is 0 Å². The van der Waals surface area contributed by atoms with Gasteiger partial charge in [-0.2, -0.15) is 0 Å². The summed E-state index contributed by atoms with van der Waals surface area (Å²) in [5.74, 6) is 1.49. The summed E-state index contributed by atoms with van der Waals surface area (Å²) in [4.78, 5) is 13.2. The van der Waals surface area contributed by atoms with Gasteiger partial charge in [-0.15, -0.1) is 0 Å². The second kappa shape index (κ2) is 5.97. The van der Waals surface area contributed by atoms with Gasteiger partial charge in [0.25, 0.3) is 0 Å². The molecule has 0 aliphatic carbocycles. The number of nitrogens with zero attached hydrogens (tertiary/aromatic N) is 3. The SMILES string of the molecule is COc1ccccc1Nc1nc(SC)nc2ncccc12. The zero-order valence-electron chi connectivity index (χ0n) is 11.7. The number of aromatic nitrogens is 3. The number of anilines is 2. The third kappa shape index (κ3) is 2.75. The Morgan fingerprint density at radius 3 is 2.76 bits per heavy atom. The van der Waals surface area contributed by atoms with Crippen molar-refractivity contribution in [1.82, 2.24) is 15.0 Å². The Morgan fingerprint density at radius 1 is 1.10 bits per heavy atom. The zero-order valence-corrected chi connectivity index (χ0v) is 12.5. The molecule has 0 unspecified atom stereocenters. The number of nitrogens with one attached hydrogen (secondary N) is 1. The van der Waals surface area contributed by atoms with Crippen LogP contribution in [0.1, 0.15) is 0 Å². The van der Waals surface area contributed by atoms with Gasteiger partial charge >= 0.3 is 0 Å². The van der Waals surface area contributed by atoms with Crippen molar-refractivity contribution in [2.45, 2.75) is 5.16 Å². The van der Waals surface area contributed by atoms with Gasteiger partial charge in [0.2, 0.25) is 0 Å². The van der Waals surface area contributed by atoms with Gasteiger partial charge < -0.3 is 10.1 Å². The second-order valence-electron chi connectivity index (χ2n) is 4.26. The maximum absolute atomic E-state index is 5.36. The average Bonchev–Trinajstić information content (AvgIpc) is 2.55. The standard InChI is InChI=1S/C15H14N4OS/c1-20-12-8-4-3-7-11(12)17-14-10-6-5-9-16-13(10)18-15(19-14)21-2/h3-9H,1-2H3,(H,16,17,18,19). The Bertz CT molecular complexity index is 778. The van der Waals surface area contributed by atoms with Gasteiger partial charge in [0.05, 0.1) is 18.2 Å². The number of thioether (sulfide) groups is 1. The summed E-state index contributed by atoms with van der Waals surface area (Å²) in [6.07, 6.45) is 3.67. The highest BCUT2D eigenvalue weighted by molar-refractivity contribution is 7.98. The van der Waals surface area contributed by atoms with E-state index >= 15 is 0 Å². The predicted molar refractivity (Wildman–Crippen MR) is 85.4 cm³/mol. The fourth-order valence-electron chi connectivity index (χ4n) is 2.00. The van der Waals surface area contributed by atoms with Gasteiger partial charge in [0, 0.05) is 6.20 Å². The van der Waals surface area contributed by atoms with Crippen LogP contribution in [0.4, 0.5) is 11.5 Å². The first-order valence-corrected chi connectivity index (χ1v) is 7.61. The van der Waals surface area contributed by atoms with Crippen molar-refractivity contribution in [2.75, 3.05) is 18.7 Å². The first kappa shape index (κ1) is 13.6. The summed E-state index contributed by atoms with van der Waals surface area (Å²) < 4.78 is 5.36. The van der Waals surface area contributed by atoms with Crippen molar-refractivity contribution >= 4 is 34.3 Å². The van der Waals surface area contributed by atoms with E-state index < -0.39 is 0 Å². The molecule has 3 aromatic rings. The van der Waals surface area contributed by atoms with E-state index in [4.69, 9.17) is 4.74 Å². The van der Waals surface area contributed by atoms with Gasteiger partial charge in [-0.25, -0.2) is 15.0 Å². The highest BCUT2D eigenvalue weighted by atomic mass is 32.2. The summed E-state index contributed by atoms with van der Waals surface area (Å²) in [6.45, 7) is 0. The number of hydrogen-bond donors (Lipinski definition) is 1. The number of methoxy groups -OCH3 is 1. The van der Waals surface area contributed by atoms with Gasteiger partial charge in [0.15, 0.2) is 10.8 Å². The van der Waals surface area contributed by atoms with Crippen LogP contribution >= 0.6 is 11.8 Å². The molecule has 0 amide bonds. The number of ether oxygens (including phenoxy) is 1. The fraction of sp³-hybridized carbons (Fsp3) is 0.133. The number of fused-ring (bicyclic) bond motifs is 1. The van der Waals surface area contributed by atoms with Crippen LogP contribution in [-0.2, 0) is 0 Å². The second-order valence-corrected chi connectivity index (χ2v) is 5.03. The van der Waals surface area contributed by atoms with E-state index in [1.807, 2.05) is 42.7 Å². The van der Waals surface area contributed by atoms with Crippen molar-refractivity contribution in [3.05, 3.63) is 42.6 Å². The van der Waals surface area contributed by atoms with E-state index in [-0.39, 0.29) is 0 Å². The van der Waals surface area contributed by atoms with Gasteiger partial charge in [0.1, 0.15) is 11.6 Å². The molecule has 21 heavy (non-hydrogen) atoms. The van der Waals surface area contributed by atoms with E-state index in [1.54, 1.807) is 13.3 Å². The maximum Gasteiger partial charge on any atom is 0.191 e. The number of pyridine rings is 1. The minimum Gasteiger partial charge on any atom is -0.495 e. The van der Waals surface area contributed by atoms with Crippen molar-refractivity contribution in [1.29, 1.82) is 0 Å². The molecular formula is C15H14N4OS. The molecule has 5 nitrogen and oxygen atoms in total. The molecule has 6 heteroatoms. The molecule has 3 rings (SSSR count). The molecule has 0 saturated carbocycles. The number of hydrogen-bond acceptors (Lipinski definition) is 6. The van der Waals surface area contributed by atoms with Crippen LogP contribution in [0.2, 0.25) is 0 Å². The van der Waals surface area contributed by atoms with Crippen molar-refractivity contribution in [2.24, 2.45) is 0 Å². The molecule has 0 radical (unpaired) electrons. The number of benzene rings is 1. The molecule has 0 aliphatic heterocycles. The first-order chi connectivity index (χ1) is 10.3. The minimum atomic E-state index is 0.675. The molecule has 106 valence electrons. The largest absolute Gasteiger partial charge is 0.495 e. The summed E-state index contributed by atoms with van der Waals surface area (Å²) >= 11 is 1.48. The quantitative estimate of drug-likeness (QED) is 0.587. The lowest BCUT2D eigenvalue weighted by atomic mass is 10.2. The van der Waals surface area contributed by atoms with Crippen LogP contribution in [0.25, 0.3) is 11.0 Å². The predicted octanol–water partition coefficient (Wildman–Crippen LogP) is 3.50. The monoisotopic (exact) mass is 298 g/mol. The van der Waals surface area contributed by atoms with Crippen molar-refractivity contribution in [3.8, 4) is 5.75 Å². The third-order valence-corrected chi connectivity index (χ3v) is 3.54. The molecule has 0 spiro atoms. The lowest BCUT2D eigenvalue weighted by Crippen LogP contribution is -2.00. The Hall–Kier alpha value is -2.34. The van der Waals surface area contributed by atoms with E-state index in [1.165, 1.54) is 11.8 Å². The Kier molecular flexibility index (Phi) is 3.87. The Labute approximate surface area is 126 Å². The summed E-state index contributed by atoms with van der Waals surface area (Å²) in [6, 6.07) is 11.5. The number of para-hydroxylation sites is 2. The first-order valence-electron chi connectivity index (χ1n) is 6.38. The topological polar surface area (TPSA) is 59.9 Å². The van der Waals surface area contributed by atoms with E-state index in [0.717, 1.165) is 22.6 Å². The highest BCUT2D eigenvalue weighted by Gasteiger charge is 2.10. The van der Waals surface area contributed by atoms with Crippen LogP contribution in [0.5, 0.6) is 5.75 Å². The van der Waals surface area contributed by atoms with Crippen molar-refractivity contribution in [3.63, 3.8) is 0 Å². The summed E-state index contributed by atoms with van der Waals surface area (Å²) in [5.41, 5.74) is 1.53. The normalized spacial score (nSPS) is 10.6. The molecule has 1 N–H and O–H groups in total. The minimum absolute atomic E-state index is 0.675. The van der Waals surface area contributed by atoms with Crippen LogP contribution in [0.15, 0.2) is 47.8 Å². The van der Waals surface area contributed by atoms with Gasteiger partial charge in [-0.3, -0.25) is 0 Å². The molecule has 0 aliphatic rings. The van der Waals surface area contributed by atoms with Crippen molar-refractivity contribution < 1.29 is 4.74 Å². The molecule has 2 aromatic heterocycles. The third-order valence-electron chi connectivity index (χ3n) is 2.99. The smallest absolute Gasteiger partial charge is 0.191 e. The Balaban J connectivity index is 2.11. The van der Waals surface area contributed by atoms with E-state index in [2.05, 4.69) is 20.3 Å². The molecular weight excluding hydrogens is 284 g/mol. The lowest BCUT2D eigenvalue weighted by Gasteiger charge is -2.12. The number of rotatable bonds is 4. The molecule has 2 heterocycles. The molecule has 0 atom stereocenters.